The molecule has 2 N–H and O–H groups in total. The third-order valence-corrected chi connectivity index (χ3v) is 1.000. The van der Waals surface area contributed by atoms with Crippen molar-refractivity contribution in [2.75, 3.05) is 26.2 Å². The summed E-state index contributed by atoms with van der Waals surface area (Å²) in [7, 11) is 0. The molecule has 0 spiro atoms. The average Bonchev–Trinajstić information content (AvgIpc) is 2.09. The summed E-state index contributed by atoms with van der Waals surface area (Å²) in [6.45, 7) is 12.8. The van der Waals surface area contributed by atoms with E-state index >= 15 is 0 Å². The van der Waals surface area contributed by atoms with E-state index in [2.05, 4.69) is 38.3 Å². The standard InChI is InChI=1S/2C4H11N.O2S/c2*1-3-5-4-2;1-3-2/h2*5H,3-4H2,1-2H3;. The average molecular weight is 210 g/mol. The van der Waals surface area contributed by atoms with Crippen LogP contribution in [-0.4, -0.2) is 34.6 Å². The van der Waals surface area contributed by atoms with E-state index in [0.29, 0.717) is 0 Å². The summed E-state index contributed by atoms with van der Waals surface area (Å²) in [5.74, 6) is 0. The summed E-state index contributed by atoms with van der Waals surface area (Å²) in [6.07, 6.45) is 0. The monoisotopic (exact) mass is 210 g/mol. The van der Waals surface area contributed by atoms with Crippen LogP contribution in [0.15, 0.2) is 0 Å². The van der Waals surface area contributed by atoms with Gasteiger partial charge in [0.15, 0.2) is 0 Å². The van der Waals surface area contributed by atoms with Crippen molar-refractivity contribution in [1.82, 2.24) is 10.6 Å². The molecule has 0 bridgehead atoms. The highest BCUT2D eigenvalue weighted by atomic mass is 32.1. The van der Waals surface area contributed by atoms with Crippen molar-refractivity contribution in [3.63, 3.8) is 0 Å². The Hall–Kier alpha value is -0.260. The molecule has 0 radical (unpaired) electrons. The maximum Gasteiger partial charge on any atom is 0.335 e. The lowest BCUT2D eigenvalue weighted by Crippen LogP contribution is -2.09. The van der Waals surface area contributed by atoms with E-state index in [0.717, 1.165) is 26.2 Å². The molecule has 0 aromatic heterocycles. The fourth-order valence-electron chi connectivity index (χ4n) is 0.500. The lowest BCUT2D eigenvalue weighted by atomic mass is 10.7. The van der Waals surface area contributed by atoms with Crippen LogP contribution in [0.1, 0.15) is 27.7 Å². The van der Waals surface area contributed by atoms with Crippen LogP contribution in [-0.2, 0) is 11.6 Å². The van der Waals surface area contributed by atoms with Gasteiger partial charge >= 0.3 is 11.6 Å². The van der Waals surface area contributed by atoms with Gasteiger partial charge in [-0.25, -0.2) is 0 Å². The zero-order chi connectivity index (χ0) is 10.9. The van der Waals surface area contributed by atoms with E-state index < -0.39 is 11.6 Å². The van der Waals surface area contributed by atoms with Crippen LogP contribution in [0.25, 0.3) is 0 Å². The molecule has 0 aliphatic rings. The van der Waals surface area contributed by atoms with Gasteiger partial charge in [0.05, 0.1) is 0 Å². The molecule has 0 aromatic carbocycles. The van der Waals surface area contributed by atoms with Crippen molar-refractivity contribution in [1.29, 1.82) is 0 Å². The Morgan fingerprint density at radius 2 is 0.923 bits per heavy atom. The summed E-state index contributed by atoms with van der Waals surface area (Å²) in [5, 5.41) is 6.22. The Labute approximate surface area is 85.1 Å². The first-order chi connectivity index (χ1) is 6.24. The highest BCUT2D eigenvalue weighted by Gasteiger charge is 1.63. The van der Waals surface area contributed by atoms with Gasteiger partial charge in [0.1, 0.15) is 0 Å². The Morgan fingerprint density at radius 3 is 0.923 bits per heavy atom. The van der Waals surface area contributed by atoms with Crippen LogP contribution in [0.2, 0.25) is 0 Å². The molecule has 4 nitrogen and oxygen atoms in total. The fraction of sp³-hybridized carbons (Fsp3) is 1.00. The Morgan fingerprint density at radius 1 is 0.769 bits per heavy atom. The summed E-state index contributed by atoms with van der Waals surface area (Å²) < 4.78 is 16.6. The van der Waals surface area contributed by atoms with Crippen LogP contribution in [0.5, 0.6) is 0 Å². The molecule has 0 unspecified atom stereocenters. The third-order valence-electron chi connectivity index (χ3n) is 1.000. The van der Waals surface area contributed by atoms with E-state index in [1.54, 1.807) is 0 Å². The molecule has 0 aromatic rings. The zero-order valence-corrected chi connectivity index (χ0v) is 9.87. The van der Waals surface area contributed by atoms with Gasteiger partial charge in [0.2, 0.25) is 0 Å². The predicted molar refractivity (Wildman–Crippen MR) is 57.4 cm³/mol. The van der Waals surface area contributed by atoms with E-state index in [1.165, 1.54) is 0 Å². The SMILES string of the molecule is CCNCC.CCNCC.O=S=O. The largest absolute Gasteiger partial charge is 0.335 e. The molecule has 0 aliphatic heterocycles. The molecule has 0 heterocycles. The Balaban J connectivity index is -0.000000120. The van der Waals surface area contributed by atoms with Crippen molar-refractivity contribution in [3.8, 4) is 0 Å². The molecule has 0 aliphatic carbocycles. The summed E-state index contributed by atoms with van der Waals surface area (Å²) in [5.41, 5.74) is 0. The highest BCUT2D eigenvalue weighted by Crippen LogP contribution is 1.48. The molecule has 82 valence electrons. The van der Waals surface area contributed by atoms with E-state index in [-0.39, 0.29) is 0 Å². The second-order valence-electron chi connectivity index (χ2n) is 1.98. The molecule has 0 saturated heterocycles. The summed E-state index contributed by atoms with van der Waals surface area (Å²) in [6, 6.07) is 0. The minimum Gasteiger partial charge on any atom is -0.317 e. The van der Waals surface area contributed by atoms with Gasteiger partial charge < -0.3 is 10.6 Å². The van der Waals surface area contributed by atoms with Crippen LogP contribution < -0.4 is 10.6 Å². The van der Waals surface area contributed by atoms with Crippen LogP contribution >= 0.6 is 0 Å². The predicted octanol–water partition coefficient (Wildman–Crippen LogP) is 0.561. The van der Waals surface area contributed by atoms with E-state index in [1.807, 2.05) is 0 Å². The zero-order valence-electron chi connectivity index (χ0n) is 9.05. The Kier molecular flexibility index (Phi) is 42.4. The highest BCUT2D eigenvalue weighted by molar-refractivity contribution is 7.51. The minimum atomic E-state index is -0.750. The van der Waals surface area contributed by atoms with Crippen molar-refractivity contribution >= 4 is 11.6 Å². The number of hydrogen-bond acceptors (Lipinski definition) is 4. The van der Waals surface area contributed by atoms with Crippen LogP contribution in [0, 0.1) is 0 Å². The normalized spacial score (nSPS) is 7.38. The van der Waals surface area contributed by atoms with Gasteiger partial charge in [0, 0.05) is 0 Å². The van der Waals surface area contributed by atoms with Crippen LogP contribution in [0.4, 0.5) is 0 Å². The molecule has 0 amide bonds. The van der Waals surface area contributed by atoms with Gasteiger partial charge in [0.25, 0.3) is 0 Å². The molecule has 0 fully saturated rings. The summed E-state index contributed by atoms with van der Waals surface area (Å²) >= 11 is -0.750. The van der Waals surface area contributed by atoms with Crippen molar-refractivity contribution in [2.24, 2.45) is 0 Å². The summed E-state index contributed by atoms with van der Waals surface area (Å²) in [4.78, 5) is 0. The van der Waals surface area contributed by atoms with Crippen molar-refractivity contribution < 1.29 is 8.42 Å². The molecule has 0 atom stereocenters. The van der Waals surface area contributed by atoms with Gasteiger partial charge in [-0.3, -0.25) is 0 Å². The topological polar surface area (TPSA) is 58.2 Å². The fourth-order valence-corrected chi connectivity index (χ4v) is 0.500. The number of hydrogen-bond donors (Lipinski definition) is 2. The first kappa shape index (κ1) is 18.5. The minimum absolute atomic E-state index is 0.750. The van der Waals surface area contributed by atoms with Crippen molar-refractivity contribution in [2.45, 2.75) is 27.7 Å². The van der Waals surface area contributed by atoms with E-state index in [9.17, 15) is 0 Å². The van der Waals surface area contributed by atoms with E-state index in [4.69, 9.17) is 8.42 Å². The molecular formula is C8H22N2O2S. The second-order valence-corrected chi connectivity index (χ2v) is 2.12. The van der Waals surface area contributed by atoms with Gasteiger partial charge in [-0.05, 0) is 26.2 Å². The molecule has 0 saturated carbocycles. The van der Waals surface area contributed by atoms with Gasteiger partial charge in [-0.1, -0.05) is 27.7 Å². The quantitative estimate of drug-likeness (QED) is 0.712. The maximum absolute atomic E-state index is 8.29. The smallest absolute Gasteiger partial charge is 0.317 e. The lowest BCUT2D eigenvalue weighted by Gasteiger charge is -1.86. The first-order valence-corrected chi connectivity index (χ1v) is 5.24. The van der Waals surface area contributed by atoms with Gasteiger partial charge in [-0.15, -0.1) is 0 Å². The lowest BCUT2D eigenvalue weighted by molar-refractivity contribution is 0.630. The molecule has 0 rings (SSSR count). The Bertz CT molecular complexity index is 86.1. The van der Waals surface area contributed by atoms with Crippen LogP contribution in [0.3, 0.4) is 0 Å². The first-order valence-electron chi connectivity index (χ1n) is 4.58. The number of rotatable bonds is 4. The van der Waals surface area contributed by atoms with Gasteiger partial charge in [-0.2, -0.15) is 8.42 Å². The molecule has 13 heavy (non-hydrogen) atoms. The number of nitrogens with one attached hydrogen (secondary N) is 2. The second kappa shape index (κ2) is 29.8. The molecular weight excluding hydrogens is 188 g/mol. The maximum atomic E-state index is 8.29. The molecule has 5 heteroatoms. The third kappa shape index (κ3) is 79.6. The van der Waals surface area contributed by atoms with Crippen molar-refractivity contribution in [3.05, 3.63) is 0 Å².